The minimum absolute atomic E-state index is 0.459. The highest BCUT2D eigenvalue weighted by Gasteiger charge is 2.51. The Balaban J connectivity index is 1.38. The van der Waals surface area contributed by atoms with Crippen molar-refractivity contribution >= 4 is 23.3 Å². The highest BCUT2D eigenvalue weighted by molar-refractivity contribution is 8.00. The van der Waals surface area contributed by atoms with Gasteiger partial charge in [0.1, 0.15) is 5.82 Å². The Morgan fingerprint density at radius 2 is 1.83 bits per heavy atom. The lowest BCUT2D eigenvalue weighted by Gasteiger charge is -2.57. The van der Waals surface area contributed by atoms with Crippen LogP contribution in [-0.2, 0) is 0 Å². The minimum atomic E-state index is 0.459. The minimum Gasteiger partial charge on any atom is -0.381 e. The lowest BCUT2D eigenvalue weighted by molar-refractivity contribution is 0.00118. The van der Waals surface area contributed by atoms with Crippen LogP contribution in [0.4, 0.5) is 11.5 Å². The quantitative estimate of drug-likeness (QED) is 0.878. The zero-order valence-corrected chi connectivity index (χ0v) is 15.9. The van der Waals surface area contributed by atoms with Crippen molar-refractivity contribution < 1.29 is 0 Å². The van der Waals surface area contributed by atoms with E-state index in [1.807, 2.05) is 0 Å². The van der Waals surface area contributed by atoms with Gasteiger partial charge in [0.15, 0.2) is 0 Å². The van der Waals surface area contributed by atoms with Crippen molar-refractivity contribution in [2.45, 2.75) is 69.0 Å². The number of nitrogens with one attached hydrogen (secondary N) is 1. The Bertz CT molecular complexity index is 595. The van der Waals surface area contributed by atoms with Gasteiger partial charge in [0.05, 0.1) is 11.4 Å². The summed E-state index contributed by atoms with van der Waals surface area (Å²) in [6.45, 7) is 8.95. The van der Waals surface area contributed by atoms with Gasteiger partial charge in [-0.3, -0.25) is 0 Å². The van der Waals surface area contributed by atoms with Crippen molar-refractivity contribution in [2.75, 3.05) is 23.3 Å². The number of anilines is 2. The SMILES string of the molecule is Cc1nc(N2CC(C)SC(C)C2)ccc1NC1CC2(CC(N)C2)C1. The molecule has 4 nitrogen and oxygen atoms in total. The second-order valence-electron chi connectivity index (χ2n) is 8.38. The highest BCUT2D eigenvalue weighted by Crippen LogP contribution is 2.55. The van der Waals surface area contributed by atoms with Crippen LogP contribution in [0.1, 0.15) is 45.2 Å². The van der Waals surface area contributed by atoms with Gasteiger partial charge in [0, 0.05) is 35.7 Å². The van der Waals surface area contributed by atoms with Crippen molar-refractivity contribution in [3.05, 3.63) is 17.8 Å². The molecule has 2 saturated carbocycles. The first-order valence-electron chi connectivity index (χ1n) is 9.33. The van der Waals surface area contributed by atoms with E-state index in [0.29, 0.717) is 28.0 Å². The number of nitrogens with two attached hydrogens (primary N) is 1. The van der Waals surface area contributed by atoms with Gasteiger partial charge in [-0.25, -0.2) is 4.98 Å². The van der Waals surface area contributed by atoms with Gasteiger partial charge >= 0.3 is 0 Å². The van der Waals surface area contributed by atoms with E-state index in [-0.39, 0.29) is 0 Å². The van der Waals surface area contributed by atoms with E-state index in [2.05, 4.69) is 54.9 Å². The Hall–Kier alpha value is -0.940. The van der Waals surface area contributed by atoms with Crippen LogP contribution in [0.15, 0.2) is 12.1 Å². The number of aromatic nitrogens is 1. The lowest BCUT2D eigenvalue weighted by Crippen LogP contribution is -2.57. The summed E-state index contributed by atoms with van der Waals surface area (Å²) in [6, 6.07) is 5.49. The molecule has 0 aromatic carbocycles. The van der Waals surface area contributed by atoms with Gasteiger partial charge in [-0.2, -0.15) is 11.8 Å². The molecule has 5 heteroatoms. The summed E-state index contributed by atoms with van der Waals surface area (Å²) in [4.78, 5) is 7.34. The van der Waals surface area contributed by atoms with E-state index < -0.39 is 0 Å². The van der Waals surface area contributed by atoms with Crippen LogP contribution in [0, 0.1) is 12.3 Å². The predicted molar refractivity (Wildman–Crippen MR) is 104 cm³/mol. The molecule has 2 heterocycles. The summed E-state index contributed by atoms with van der Waals surface area (Å²) >= 11 is 2.08. The number of thioether (sulfide) groups is 1. The van der Waals surface area contributed by atoms with Gasteiger partial charge in [-0.15, -0.1) is 0 Å². The summed E-state index contributed by atoms with van der Waals surface area (Å²) in [5, 5.41) is 5.06. The van der Waals surface area contributed by atoms with E-state index >= 15 is 0 Å². The molecule has 0 amide bonds. The topological polar surface area (TPSA) is 54.2 Å². The monoisotopic (exact) mass is 346 g/mol. The van der Waals surface area contributed by atoms with Crippen molar-refractivity contribution in [1.29, 1.82) is 0 Å². The van der Waals surface area contributed by atoms with Gasteiger partial charge in [-0.05, 0) is 50.2 Å². The third-order valence-electron chi connectivity index (χ3n) is 5.92. The highest BCUT2D eigenvalue weighted by atomic mass is 32.2. The summed E-state index contributed by atoms with van der Waals surface area (Å²) < 4.78 is 0. The second-order valence-corrected chi connectivity index (χ2v) is 10.3. The number of hydrogen-bond donors (Lipinski definition) is 2. The van der Waals surface area contributed by atoms with E-state index in [9.17, 15) is 0 Å². The Labute approximate surface area is 150 Å². The smallest absolute Gasteiger partial charge is 0.129 e. The zero-order chi connectivity index (χ0) is 16.9. The van der Waals surface area contributed by atoms with E-state index in [4.69, 9.17) is 10.7 Å². The maximum atomic E-state index is 5.96. The van der Waals surface area contributed by atoms with Crippen molar-refractivity contribution in [3.63, 3.8) is 0 Å². The van der Waals surface area contributed by atoms with Gasteiger partial charge < -0.3 is 16.0 Å². The van der Waals surface area contributed by atoms with Crippen LogP contribution in [0.2, 0.25) is 0 Å². The van der Waals surface area contributed by atoms with Crippen LogP contribution in [0.25, 0.3) is 0 Å². The molecule has 1 aromatic rings. The van der Waals surface area contributed by atoms with Gasteiger partial charge in [0.2, 0.25) is 0 Å². The van der Waals surface area contributed by atoms with E-state index in [0.717, 1.165) is 24.6 Å². The standard InChI is InChI=1S/C19H30N4S/c1-12-10-23(11-13(2)24-12)18-5-4-17(14(3)21-18)22-16-8-19(9-16)6-15(20)7-19/h4-5,12-13,15-16,22H,6-11,20H2,1-3H3. The maximum absolute atomic E-state index is 5.96. The number of nitrogens with zero attached hydrogens (tertiary/aromatic N) is 2. The van der Waals surface area contributed by atoms with Crippen LogP contribution in [-0.4, -0.2) is 40.7 Å². The number of rotatable bonds is 3. The average molecular weight is 347 g/mol. The van der Waals surface area contributed by atoms with Crippen molar-refractivity contribution in [1.82, 2.24) is 4.98 Å². The Morgan fingerprint density at radius 3 is 2.42 bits per heavy atom. The molecule has 4 rings (SSSR count). The molecule has 2 unspecified atom stereocenters. The maximum Gasteiger partial charge on any atom is 0.129 e. The largest absolute Gasteiger partial charge is 0.381 e. The van der Waals surface area contributed by atoms with Crippen LogP contribution >= 0.6 is 11.8 Å². The molecule has 24 heavy (non-hydrogen) atoms. The third kappa shape index (κ3) is 3.13. The zero-order valence-electron chi connectivity index (χ0n) is 15.1. The molecule has 0 bridgehead atoms. The van der Waals surface area contributed by atoms with Crippen molar-refractivity contribution in [3.8, 4) is 0 Å². The molecular weight excluding hydrogens is 316 g/mol. The first kappa shape index (κ1) is 16.5. The molecule has 1 spiro atoms. The molecule has 2 atom stereocenters. The Morgan fingerprint density at radius 1 is 1.17 bits per heavy atom. The fourth-order valence-electron chi connectivity index (χ4n) is 4.93. The third-order valence-corrected chi connectivity index (χ3v) is 7.15. The molecule has 3 fully saturated rings. The first-order chi connectivity index (χ1) is 11.4. The van der Waals surface area contributed by atoms with Crippen LogP contribution in [0.3, 0.4) is 0 Å². The van der Waals surface area contributed by atoms with Crippen molar-refractivity contribution in [2.24, 2.45) is 11.1 Å². The molecule has 132 valence electrons. The summed E-state index contributed by atoms with van der Waals surface area (Å²) in [7, 11) is 0. The van der Waals surface area contributed by atoms with E-state index in [1.165, 1.54) is 31.4 Å². The summed E-state index contributed by atoms with van der Waals surface area (Å²) in [5.74, 6) is 1.13. The Kier molecular flexibility index (Phi) is 4.20. The molecule has 0 radical (unpaired) electrons. The predicted octanol–water partition coefficient (Wildman–Crippen LogP) is 3.40. The average Bonchev–Trinajstić information content (AvgIpc) is 2.44. The molecule has 1 aliphatic heterocycles. The molecule has 3 aliphatic rings. The lowest BCUT2D eigenvalue weighted by atomic mass is 9.52. The van der Waals surface area contributed by atoms with Gasteiger partial charge in [0.25, 0.3) is 0 Å². The second kappa shape index (κ2) is 6.10. The summed E-state index contributed by atoms with van der Waals surface area (Å²) in [6.07, 6.45) is 5.01. The molecule has 3 N–H and O–H groups in total. The number of hydrogen-bond acceptors (Lipinski definition) is 5. The first-order valence-corrected chi connectivity index (χ1v) is 10.3. The number of aryl methyl sites for hydroxylation is 1. The van der Waals surface area contributed by atoms with Crippen LogP contribution in [0.5, 0.6) is 0 Å². The fourth-order valence-corrected chi connectivity index (χ4v) is 6.26. The molecule has 1 aromatic heterocycles. The van der Waals surface area contributed by atoms with Crippen LogP contribution < -0.4 is 16.0 Å². The normalized spacial score (nSPS) is 38.6. The van der Waals surface area contributed by atoms with Gasteiger partial charge in [-0.1, -0.05) is 13.8 Å². The number of pyridine rings is 1. The van der Waals surface area contributed by atoms with E-state index in [1.54, 1.807) is 0 Å². The molecular formula is C19H30N4S. The summed E-state index contributed by atoms with van der Waals surface area (Å²) in [5.41, 5.74) is 8.86. The molecule has 2 aliphatic carbocycles. The molecule has 1 saturated heterocycles. The fraction of sp³-hybridized carbons (Fsp3) is 0.737.